The van der Waals surface area contributed by atoms with Gasteiger partial charge in [-0.25, -0.2) is 9.97 Å². The third-order valence-electron chi connectivity index (χ3n) is 3.61. The monoisotopic (exact) mass is 331 g/mol. The maximum Gasteiger partial charge on any atom is 0.253 e. The van der Waals surface area contributed by atoms with Crippen LogP contribution in [0.25, 0.3) is 5.69 Å². The Morgan fingerprint density at radius 3 is 2.84 bits per heavy atom. The molecule has 6 heteroatoms. The van der Waals surface area contributed by atoms with Crippen molar-refractivity contribution in [2.45, 2.75) is 6.54 Å². The molecule has 2 aromatic heterocycles. The number of hydrogen-bond acceptors (Lipinski definition) is 4. The zero-order valence-corrected chi connectivity index (χ0v) is 13.5. The third-order valence-corrected chi connectivity index (χ3v) is 3.61. The second-order valence-corrected chi connectivity index (χ2v) is 5.27. The van der Waals surface area contributed by atoms with Crippen molar-refractivity contribution in [3.8, 4) is 18.0 Å². The van der Waals surface area contributed by atoms with E-state index in [2.05, 4.69) is 26.5 Å². The molecule has 0 unspecified atom stereocenters. The third kappa shape index (κ3) is 4.03. The molecule has 0 saturated heterocycles. The van der Waals surface area contributed by atoms with Gasteiger partial charge in [-0.2, -0.15) is 0 Å². The van der Waals surface area contributed by atoms with Crippen LogP contribution in [0.1, 0.15) is 15.9 Å². The molecule has 2 heterocycles. The minimum Gasteiger partial charge on any atom is -0.366 e. The first-order valence-corrected chi connectivity index (χ1v) is 7.76. The van der Waals surface area contributed by atoms with Gasteiger partial charge in [0.05, 0.1) is 24.1 Å². The van der Waals surface area contributed by atoms with Gasteiger partial charge in [-0.05, 0) is 23.8 Å². The van der Waals surface area contributed by atoms with Crippen molar-refractivity contribution in [1.82, 2.24) is 19.9 Å². The van der Waals surface area contributed by atoms with Gasteiger partial charge in [0.2, 0.25) is 0 Å². The number of carbonyl (C=O) groups is 1. The van der Waals surface area contributed by atoms with Gasteiger partial charge >= 0.3 is 0 Å². The van der Waals surface area contributed by atoms with E-state index in [-0.39, 0.29) is 12.5 Å². The van der Waals surface area contributed by atoms with E-state index in [4.69, 9.17) is 6.42 Å². The normalized spacial score (nSPS) is 10.0. The highest BCUT2D eigenvalue weighted by atomic mass is 16.1. The van der Waals surface area contributed by atoms with Crippen LogP contribution in [-0.4, -0.2) is 27.0 Å². The zero-order chi connectivity index (χ0) is 17.5. The smallest absolute Gasteiger partial charge is 0.253 e. The lowest BCUT2D eigenvalue weighted by Gasteiger charge is -2.11. The molecule has 0 spiro atoms. The summed E-state index contributed by atoms with van der Waals surface area (Å²) in [7, 11) is 0. The Hall–Kier alpha value is -3.59. The molecule has 0 aliphatic heterocycles. The van der Waals surface area contributed by atoms with E-state index < -0.39 is 0 Å². The van der Waals surface area contributed by atoms with Crippen molar-refractivity contribution in [3.63, 3.8) is 0 Å². The van der Waals surface area contributed by atoms with Crippen LogP contribution in [-0.2, 0) is 6.54 Å². The second kappa shape index (κ2) is 7.79. The first kappa shape index (κ1) is 16.3. The largest absolute Gasteiger partial charge is 0.366 e. The molecule has 0 aliphatic carbocycles. The predicted octanol–water partition coefficient (Wildman–Crippen LogP) is 2.24. The lowest BCUT2D eigenvalue weighted by atomic mass is 10.1. The van der Waals surface area contributed by atoms with Crippen LogP contribution >= 0.6 is 0 Å². The number of hydrogen-bond donors (Lipinski definition) is 2. The molecule has 0 radical (unpaired) electrons. The van der Waals surface area contributed by atoms with Crippen LogP contribution in [0.4, 0.5) is 5.82 Å². The van der Waals surface area contributed by atoms with Crippen molar-refractivity contribution < 1.29 is 4.79 Å². The van der Waals surface area contributed by atoms with Crippen LogP contribution in [0.5, 0.6) is 0 Å². The van der Waals surface area contributed by atoms with E-state index in [1.54, 1.807) is 24.7 Å². The van der Waals surface area contributed by atoms with E-state index in [9.17, 15) is 4.79 Å². The SMILES string of the molecule is C#CCNC(=O)c1ccc(NCc2ccccc2-n2ccnc2)nc1. The predicted molar refractivity (Wildman–Crippen MR) is 96.3 cm³/mol. The van der Waals surface area contributed by atoms with Gasteiger partial charge < -0.3 is 15.2 Å². The Morgan fingerprint density at radius 2 is 2.12 bits per heavy atom. The summed E-state index contributed by atoms with van der Waals surface area (Å²) in [4.78, 5) is 20.2. The van der Waals surface area contributed by atoms with Gasteiger partial charge in [0.15, 0.2) is 0 Å². The highest BCUT2D eigenvalue weighted by Gasteiger charge is 2.06. The fourth-order valence-electron chi connectivity index (χ4n) is 2.37. The average Bonchev–Trinajstić information content (AvgIpc) is 3.19. The molecule has 3 aromatic rings. The molecule has 0 atom stereocenters. The van der Waals surface area contributed by atoms with Crippen molar-refractivity contribution in [2.75, 3.05) is 11.9 Å². The molecular formula is C19H17N5O. The number of benzene rings is 1. The summed E-state index contributed by atoms with van der Waals surface area (Å²) in [6, 6.07) is 11.5. The number of amides is 1. The molecule has 3 rings (SSSR count). The molecule has 1 aromatic carbocycles. The second-order valence-electron chi connectivity index (χ2n) is 5.27. The highest BCUT2D eigenvalue weighted by Crippen LogP contribution is 2.16. The van der Waals surface area contributed by atoms with Gasteiger partial charge in [0.25, 0.3) is 5.91 Å². The van der Waals surface area contributed by atoms with Crippen LogP contribution in [0, 0.1) is 12.3 Å². The maximum atomic E-state index is 11.8. The van der Waals surface area contributed by atoms with Crippen molar-refractivity contribution >= 4 is 11.7 Å². The number of pyridine rings is 1. The quantitative estimate of drug-likeness (QED) is 0.680. The Balaban J connectivity index is 1.67. The summed E-state index contributed by atoms with van der Waals surface area (Å²) < 4.78 is 1.96. The van der Waals surface area contributed by atoms with Gasteiger partial charge in [0, 0.05) is 25.1 Å². The minimum absolute atomic E-state index is 0.198. The number of para-hydroxylation sites is 1. The van der Waals surface area contributed by atoms with Crippen molar-refractivity contribution in [1.29, 1.82) is 0 Å². The zero-order valence-electron chi connectivity index (χ0n) is 13.5. The number of rotatable bonds is 6. The number of terminal acetylenes is 1. The number of carbonyl (C=O) groups excluding carboxylic acids is 1. The van der Waals surface area contributed by atoms with Gasteiger partial charge in [-0.3, -0.25) is 4.79 Å². The Kier molecular flexibility index (Phi) is 5.07. The number of aromatic nitrogens is 3. The van der Waals surface area contributed by atoms with Gasteiger partial charge in [-0.1, -0.05) is 24.1 Å². The molecule has 25 heavy (non-hydrogen) atoms. The molecule has 6 nitrogen and oxygen atoms in total. The molecular weight excluding hydrogens is 314 g/mol. The summed E-state index contributed by atoms with van der Waals surface area (Å²) in [5, 5.41) is 5.87. The first-order valence-electron chi connectivity index (χ1n) is 7.76. The fraction of sp³-hybridized carbons (Fsp3) is 0.105. The lowest BCUT2D eigenvalue weighted by Crippen LogP contribution is -2.23. The average molecular weight is 331 g/mol. The molecule has 0 bridgehead atoms. The summed E-state index contributed by atoms with van der Waals surface area (Å²) in [5.74, 6) is 2.82. The summed E-state index contributed by atoms with van der Waals surface area (Å²) in [6.07, 6.45) is 12.1. The molecule has 0 fully saturated rings. The van der Waals surface area contributed by atoms with Crippen LogP contribution in [0.15, 0.2) is 61.3 Å². The summed E-state index contributed by atoms with van der Waals surface area (Å²) in [5.41, 5.74) is 2.63. The number of nitrogens with one attached hydrogen (secondary N) is 2. The van der Waals surface area contributed by atoms with E-state index >= 15 is 0 Å². The van der Waals surface area contributed by atoms with Gasteiger partial charge in [0.1, 0.15) is 5.82 Å². The summed E-state index contributed by atoms with van der Waals surface area (Å²) >= 11 is 0. The fourth-order valence-corrected chi connectivity index (χ4v) is 2.37. The van der Waals surface area contributed by atoms with Gasteiger partial charge in [-0.15, -0.1) is 6.42 Å². The van der Waals surface area contributed by atoms with Crippen molar-refractivity contribution in [3.05, 3.63) is 72.4 Å². The number of nitrogens with zero attached hydrogens (tertiary/aromatic N) is 3. The number of anilines is 1. The Morgan fingerprint density at radius 1 is 1.24 bits per heavy atom. The number of imidazole rings is 1. The molecule has 0 aliphatic rings. The molecule has 124 valence electrons. The standard InChI is InChI=1S/C19H17N5O/c1-2-9-21-19(25)16-7-8-18(23-13-16)22-12-15-5-3-4-6-17(15)24-11-10-20-14-24/h1,3-8,10-11,13-14H,9,12H2,(H,21,25)(H,22,23). The maximum absolute atomic E-state index is 11.8. The Bertz CT molecular complexity index is 879. The minimum atomic E-state index is -0.234. The van der Waals surface area contributed by atoms with E-state index in [1.807, 2.05) is 35.0 Å². The topological polar surface area (TPSA) is 71.8 Å². The van der Waals surface area contributed by atoms with Crippen molar-refractivity contribution in [2.24, 2.45) is 0 Å². The molecule has 1 amide bonds. The lowest BCUT2D eigenvalue weighted by molar-refractivity contribution is 0.0958. The van der Waals surface area contributed by atoms with Crippen LogP contribution in [0.2, 0.25) is 0 Å². The highest BCUT2D eigenvalue weighted by molar-refractivity contribution is 5.94. The van der Waals surface area contributed by atoms with Crippen LogP contribution < -0.4 is 10.6 Å². The molecule has 0 saturated carbocycles. The summed E-state index contributed by atoms with van der Waals surface area (Å²) in [6.45, 7) is 0.799. The van der Waals surface area contributed by atoms with E-state index in [1.165, 1.54) is 6.20 Å². The first-order chi connectivity index (χ1) is 12.3. The van der Waals surface area contributed by atoms with E-state index in [0.29, 0.717) is 17.9 Å². The molecule has 2 N–H and O–H groups in total. The Labute approximate surface area is 145 Å². The van der Waals surface area contributed by atoms with Crippen LogP contribution in [0.3, 0.4) is 0 Å². The van der Waals surface area contributed by atoms with E-state index in [0.717, 1.165) is 11.3 Å².